The van der Waals surface area contributed by atoms with Gasteiger partial charge in [-0.3, -0.25) is 0 Å². The zero-order valence-corrected chi connectivity index (χ0v) is 11.0. The van der Waals surface area contributed by atoms with E-state index in [1.54, 1.807) is 0 Å². The van der Waals surface area contributed by atoms with Crippen molar-refractivity contribution < 1.29 is 4.39 Å². The van der Waals surface area contributed by atoms with Crippen molar-refractivity contribution in [3.63, 3.8) is 0 Å². The van der Waals surface area contributed by atoms with Crippen LogP contribution in [0.5, 0.6) is 0 Å². The number of halogens is 2. The molecule has 0 fully saturated rings. The predicted molar refractivity (Wildman–Crippen MR) is 77.1 cm³/mol. The van der Waals surface area contributed by atoms with E-state index < -0.39 is 5.82 Å². The molecule has 3 rings (SSSR count). The number of nitrogens with one attached hydrogen (secondary N) is 1. The SMILES string of the molecule is Nc1cc(Cl)c(F)cc1NC1Cc2ccccc2C1. The zero-order chi connectivity index (χ0) is 13.4. The monoisotopic (exact) mass is 276 g/mol. The highest BCUT2D eigenvalue weighted by atomic mass is 35.5. The van der Waals surface area contributed by atoms with Crippen LogP contribution < -0.4 is 11.1 Å². The second kappa shape index (κ2) is 4.74. The van der Waals surface area contributed by atoms with Gasteiger partial charge in [0.2, 0.25) is 0 Å². The van der Waals surface area contributed by atoms with E-state index in [0.29, 0.717) is 11.4 Å². The van der Waals surface area contributed by atoms with Gasteiger partial charge in [0, 0.05) is 12.1 Å². The van der Waals surface area contributed by atoms with Crippen LogP contribution in [0.1, 0.15) is 11.1 Å². The first kappa shape index (κ1) is 12.3. The second-order valence-electron chi connectivity index (χ2n) is 4.87. The first-order chi connectivity index (χ1) is 9.13. The van der Waals surface area contributed by atoms with E-state index >= 15 is 0 Å². The Morgan fingerprint density at radius 2 is 1.79 bits per heavy atom. The number of benzene rings is 2. The lowest BCUT2D eigenvalue weighted by molar-refractivity contribution is 0.628. The zero-order valence-electron chi connectivity index (χ0n) is 10.3. The molecule has 0 aliphatic heterocycles. The van der Waals surface area contributed by atoms with E-state index in [0.717, 1.165) is 12.8 Å². The number of anilines is 2. The summed E-state index contributed by atoms with van der Waals surface area (Å²) >= 11 is 5.69. The third-order valence-corrected chi connectivity index (χ3v) is 3.79. The maximum absolute atomic E-state index is 13.5. The Morgan fingerprint density at radius 1 is 1.16 bits per heavy atom. The molecule has 2 aromatic rings. The van der Waals surface area contributed by atoms with Crippen LogP contribution in [0, 0.1) is 5.82 Å². The van der Waals surface area contributed by atoms with Gasteiger partial charge in [0.05, 0.1) is 16.4 Å². The number of rotatable bonds is 2. The van der Waals surface area contributed by atoms with Crippen molar-refractivity contribution in [2.75, 3.05) is 11.1 Å². The maximum atomic E-state index is 13.5. The minimum Gasteiger partial charge on any atom is -0.397 e. The van der Waals surface area contributed by atoms with E-state index in [4.69, 9.17) is 17.3 Å². The summed E-state index contributed by atoms with van der Waals surface area (Å²) in [4.78, 5) is 0. The maximum Gasteiger partial charge on any atom is 0.143 e. The molecule has 2 nitrogen and oxygen atoms in total. The second-order valence-corrected chi connectivity index (χ2v) is 5.28. The fourth-order valence-corrected chi connectivity index (χ4v) is 2.74. The Labute approximate surface area is 116 Å². The Hall–Kier alpha value is -1.74. The molecule has 0 aromatic heterocycles. The van der Waals surface area contributed by atoms with Crippen molar-refractivity contribution in [2.24, 2.45) is 0 Å². The smallest absolute Gasteiger partial charge is 0.143 e. The van der Waals surface area contributed by atoms with Gasteiger partial charge in [0.1, 0.15) is 5.82 Å². The minimum atomic E-state index is -0.450. The van der Waals surface area contributed by atoms with Gasteiger partial charge in [-0.15, -0.1) is 0 Å². The van der Waals surface area contributed by atoms with E-state index in [2.05, 4.69) is 17.4 Å². The van der Waals surface area contributed by atoms with E-state index in [-0.39, 0.29) is 11.1 Å². The first-order valence-electron chi connectivity index (χ1n) is 6.21. The molecule has 0 saturated heterocycles. The van der Waals surface area contributed by atoms with Gasteiger partial charge in [-0.1, -0.05) is 35.9 Å². The highest BCUT2D eigenvalue weighted by Gasteiger charge is 2.21. The summed E-state index contributed by atoms with van der Waals surface area (Å²) in [7, 11) is 0. The molecule has 0 heterocycles. The summed E-state index contributed by atoms with van der Waals surface area (Å²) in [6.45, 7) is 0. The molecular weight excluding hydrogens is 263 g/mol. The molecule has 0 unspecified atom stereocenters. The van der Waals surface area contributed by atoms with Crippen LogP contribution in [0.3, 0.4) is 0 Å². The Bertz CT molecular complexity index is 603. The lowest BCUT2D eigenvalue weighted by Gasteiger charge is -2.16. The summed E-state index contributed by atoms with van der Waals surface area (Å²) in [5.41, 5.74) is 9.63. The molecule has 2 aromatic carbocycles. The normalized spacial score (nSPS) is 14.4. The van der Waals surface area contributed by atoms with Gasteiger partial charge in [-0.05, 0) is 30.0 Å². The number of hydrogen-bond donors (Lipinski definition) is 2. The van der Waals surface area contributed by atoms with Gasteiger partial charge in [0.15, 0.2) is 0 Å². The third kappa shape index (κ3) is 2.38. The van der Waals surface area contributed by atoms with Crippen molar-refractivity contribution in [1.29, 1.82) is 0 Å². The van der Waals surface area contributed by atoms with Gasteiger partial charge in [0.25, 0.3) is 0 Å². The topological polar surface area (TPSA) is 38.0 Å². The van der Waals surface area contributed by atoms with Crippen LogP contribution in [0.15, 0.2) is 36.4 Å². The third-order valence-electron chi connectivity index (χ3n) is 3.50. The van der Waals surface area contributed by atoms with Crippen molar-refractivity contribution >= 4 is 23.0 Å². The lowest BCUT2D eigenvalue weighted by atomic mass is 10.1. The summed E-state index contributed by atoms with van der Waals surface area (Å²) in [6, 6.07) is 11.4. The standard InChI is InChI=1S/C15H14ClFN2/c16-12-7-14(18)15(8-13(12)17)19-11-5-9-3-1-2-4-10(9)6-11/h1-4,7-8,11,19H,5-6,18H2. The lowest BCUT2D eigenvalue weighted by Crippen LogP contribution is -2.20. The number of nitrogen functional groups attached to an aromatic ring is 1. The summed E-state index contributed by atoms with van der Waals surface area (Å²) in [6.07, 6.45) is 1.86. The van der Waals surface area contributed by atoms with Gasteiger partial charge < -0.3 is 11.1 Å². The Balaban J connectivity index is 1.79. The van der Waals surface area contributed by atoms with Gasteiger partial charge in [-0.25, -0.2) is 4.39 Å². The van der Waals surface area contributed by atoms with Crippen LogP contribution in [-0.4, -0.2) is 6.04 Å². The average Bonchev–Trinajstić information content (AvgIpc) is 2.78. The highest BCUT2D eigenvalue weighted by molar-refractivity contribution is 6.31. The molecule has 0 atom stereocenters. The minimum absolute atomic E-state index is 0.0535. The summed E-state index contributed by atoms with van der Waals surface area (Å²) in [5.74, 6) is -0.450. The Morgan fingerprint density at radius 3 is 2.42 bits per heavy atom. The molecule has 19 heavy (non-hydrogen) atoms. The van der Waals surface area contributed by atoms with Crippen molar-refractivity contribution in [2.45, 2.75) is 18.9 Å². The fourth-order valence-electron chi connectivity index (χ4n) is 2.57. The number of hydrogen-bond acceptors (Lipinski definition) is 2. The number of fused-ring (bicyclic) bond motifs is 1. The molecule has 98 valence electrons. The molecule has 1 aliphatic rings. The van der Waals surface area contributed by atoms with Gasteiger partial charge in [-0.2, -0.15) is 0 Å². The molecule has 0 spiro atoms. The van der Waals surface area contributed by atoms with Crippen molar-refractivity contribution in [3.8, 4) is 0 Å². The Kier molecular flexibility index (Phi) is 3.07. The molecule has 0 saturated carbocycles. The molecular formula is C15H14ClFN2. The highest BCUT2D eigenvalue weighted by Crippen LogP contribution is 2.29. The van der Waals surface area contributed by atoms with Crippen LogP contribution >= 0.6 is 11.6 Å². The summed E-state index contributed by atoms with van der Waals surface area (Å²) in [5, 5.41) is 3.35. The van der Waals surface area contributed by atoms with Gasteiger partial charge >= 0.3 is 0 Å². The molecule has 0 radical (unpaired) electrons. The van der Waals surface area contributed by atoms with Crippen LogP contribution in [0.25, 0.3) is 0 Å². The molecule has 0 amide bonds. The summed E-state index contributed by atoms with van der Waals surface area (Å²) < 4.78 is 13.5. The van der Waals surface area contributed by atoms with Crippen LogP contribution in [0.2, 0.25) is 5.02 Å². The van der Waals surface area contributed by atoms with Crippen molar-refractivity contribution in [1.82, 2.24) is 0 Å². The van der Waals surface area contributed by atoms with Crippen molar-refractivity contribution in [3.05, 3.63) is 58.4 Å². The quantitative estimate of drug-likeness (QED) is 0.822. The fraction of sp³-hybridized carbons (Fsp3) is 0.200. The van der Waals surface area contributed by atoms with Crippen LogP contribution in [-0.2, 0) is 12.8 Å². The van der Waals surface area contributed by atoms with E-state index in [9.17, 15) is 4.39 Å². The molecule has 0 bridgehead atoms. The molecule has 3 N–H and O–H groups in total. The largest absolute Gasteiger partial charge is 0.397 e. The average molecular weight is 277 g/mol. The van der Waals surface area contributed by atoms with E-state index in [1.807, 2.05) is 12.1 Å². The molecule has 4 heteroatoms. The molecule has 1 aliphatic carbocycles. The van der Waals surface area contributed by atoms with Crippen LogP contribution in [0.4, 0.5) is 15.8 Å². The van der Waals surface area contributed by atoms with E-state index in [1.165, 1.54) is 23.3 Å². The predicted octanol–water partition coefficient (Wildman–Crippen LogP) is 3.64. The first-order valence-corrected chi connectivity index (χ1v) is 6.59. The number of nitrogens with two attached hydrogens (primary N) is 1.